The number of anilines is 1. The highest BCUT2D eigenvalue weighted by molar-refractivity contribution is 5.95. The molecule has 1 aromatic rings. The molecule has 0 aromatic heterocycles. The maximum Gasteiger partial charge on any atom is 0.387 e. The Labute approximate surface area is 91.4 Å². The maximum absolute atomic E-state index is 12.0. The van der Waals surface area contributed by atoms with E-state index in [-0.39, 0.29) is 22.9 Å². The molecule has 0 saturated heterocycles. The van der Waals surface area contributed by atoms with Crippen molar-refractivity contribution in [2.24, 2.45) is 0 Å². The molecule has 6 heteroatoms. The first-order valence-electron chi connectivity index (χ1n) is 4.67. The van der Waals surface area contributed by atoms with Gasteiger partial charge in [-0.3, -0.25) is 4.79 Å². The number of rotatable bonds is 4. The monoisotopic (exact) mass is 230 g/mol. The first kappa shape index (κ1) is 12.2. The molecule has 1 amide bonds. The van der Waals surface area contributed by atoms with Gasteiger partial charge in [0.05, 0.1) is 5.69 Å². The molecule has 0 radical (unpaired) electrons. The van der Waals surface area contributed by atoms with Crippen molar-refractivity contribution in [3.05, 3.63) is 23.8 Å². The third-order valence-corrected chi connectivity index (χ3v) is 1.83. The van der Waals surface area contributed by atoms with Crippen molar-refractivity contribution in [2.45, 2.75) is 13.5 Å². The van der Waals surface area contributed by atoms with Crippen LogP contribution in [0.3, 0.4) is 0 Å². The van der Waals surface area contributed by atoms with Gasteiger partial charge in [-0.2, -0.15) is 8.78 Å². The van der Waals surface area contributed by atoms with Crippen molar-refractivity contribution in [3.63, 3.8) is 0 Å². The van der Waals surface area contributed by atoms with Crippen LogP contribution in [0.15, 0.2) is 18.2 Å². The zero-order valence-corrected chi connectivity index (χ0v) is 8.67. The van der Waals surface area contributed by atoms with Crippen LogP contribution in [0.4, 0.5) is 14.5 Å². The van der Waals surface area contributed by atoms with Crippen LogP contribution in [0.5, 0.6) is 5.75 Å². The number of ether oxygens (including phenoxy) is 1. The number of hydrogen-bond donors (Lipinski definition) is 2. The van der Waals surface area contributed by atoms with Crippen LogP contribution in [-0.4, -0.2) is 19.1 Å². The van der Waals surface area contributed by atoms with Crippen molar-refractivity contribution >= 4 is 11.6 Å². The Morgan fingerprint density at radius 1 is 1.56 bits per heavy atom. The number of nitrogens with one attached hydrogen (secondary N) is 1. The molecule has 88 valence electrons. The molecule has 4 nitrogen and oxygen atoms in total. The molecule has 0 heterocycles. The summed E-state index contributed by atoms with van der Waals surface area (Å²) in [6.45, 7) is -0.758. The van der Waals surface area contributed by atoms with E-state index < -0.39 is 6.61 Å². The zero-order chi connectivity index (χ0) is 12.1. The number of amides is 1. The lowest BCUT2D eigenvalue weighted by atomic mass is 10.2. The topological polar surface area (TPSA) is 64.4 Å². The van der Waals surface area contributed by atoms with Crippen molar-refractivity contribution in [2.75, 3.05) is 12.3 Å². The van der Waals surface area contributed by atoms with Crippen molar-refractivity contribution in [1.29, 1.82) is 0 Å². The third-order valence-electron chi connectivity index (χ3n) is 1.83. The van der Waals surface area contributed by atoms with Crippen LogP contribution >= 0.6 is 0 Å². The van der Waals surface area contributed by atoms with E-state index in [2.05, 4.69) is 10.1 Å². The first-order chi connectivity index (χ1) is 7.54. The largest absolute Gasteiger partial charge is 0.433 e. The summed E-state index contributed by atoms with van der Waals surface area (Å²) in [7, 11) is 0. The Bertz CT molecular complexity index is 383. The van der Waals surface area contributed by atoms with E-state index in [1.165, 1.54) is 18.2 Å². The number of nitrogen functional groups attached to an aromatic ring is 1. The number of nitrogens with two attached hydrogens (primary N) is 1. The smallest absolute Gasteiger partial charge is 0.387 e. The standard InChI is InChI=1S/C10H12F2N2O2/c1-2-14-9(15)6-3-4-7(13)8(5-6)16-10(11)12/h3-5,10H,2,13H2,1H3,(H,14,15). The van der Waals surface area contributed by atoms with Gasteiger partial charge in [-0.25, -0.2) is 0 Å². The van der Waals surface area contributed by atoms with Crippen molar-refractivity contribution in [1.82, 2.24) is 5.32 Å². The molecular weight excluding hydrogens is 218 g/mol. The fourth-order valence-corrected chi connectivity index (χ4v) is 1.14. The second kappa shape index (κ2) is 5.29. The molecule has 3 N–H and O–H groups in total. The molecule has 0 saturated carbocycles. The normalized spacial score (nSPS) is 10.2. The molecule has 0 bridgehead atoms. The molecule has 0 aliphatic rings. The summed E-state index contributed by atoms with van der Waals surface area (Å²) in [4.78, 5) is 11.4. The van der Waals surface area contributed by atoms with E-state index in [9.17, 15) is 13.6 Å². The van der Waals surface area contributed by atoms with Gasteiger partial charge < -0.3 is 15.8 Å². The van der Waals surface area contributed by atoms with E-state index in [1.807, 2.05) is 0 Å². The number of carbonyl (C=O) groups excluding carboxylic acids is 1. The molecule has 0 unspecified atom stereocenters. The SMILES string of the molecule is CCNC(=O)c1ccc(N)c(OC(F)F)c1. The minimum Gasteiger partial charge on any atom is -0.433 e. The van der Waals surface area contributed by atoms with E-state index in [1.54, 1.807) is 6.92 Å². The molecule has 0 aliphatic heterocycles. The molecule has 0 aliphatic carbocycles. The Morgan fingerprint density at radius 3 is 2.81 bits per heavy atom. The summed E-state index contributed by atoms with van der Waals surface area (Å²) in [5, 5.41) is 2.54. The molecule has 0 spiro atoms. The zero-order valence-electron chi connectivity index (χ0n) is 8.67. The minimum absolute atomic E-state index is 0.0633. The van der Waals surface area contributed by atoms with Crippen LogP contribution in [0.1, 0.15) is 17.3 Å². The summed E-state index contributed by atoms with van der Waals surface area (Å²) >= 11 is 0. The van der Waals surface area contributed by atoms with Crippen LogP contribution in [0.2, 0.25) is 0 Å². The molecular formula is C10H12F2N2O2. The van der Waals surface area contributed by atoms with E-state index in [0.717, 1.165) is 0 Å². The van der Waals surface area contributed by atoms with Gasteiger partial charge in [-0.15, -0.1) is 0 Å². The quantitative estimate of drug-likeness (QED) is 0.772. The number of hydrogen-bond acceptors (Lipinski definition) is 3. The highest BCUT2D eigenvalue weighted by Gasteiger charge is 2.11. The molecule has 0 fully saturated rings. The van der Waals surface area contributed by atoms with E-state index >= 15 is 0 Å². The average Bonchev–Trinajstić information content (AvgIpc) is 2.21. The van der Waals surface area contributed by atoms with E-state index in [4.69, 9.17) is 5.73 Å². The summed E-state index contributed by atoms with van der Waals surface area (Å²) in [6, 6.07) is 3.98. The maximum atomic E-state index is 12.0. The van der Waals surface area contributed by atoms with Gasteiger partial charge in [0.1, 0.15) is 5.75 Å². The average molecular weight is 230 g/mol. The number of halogens is 2. The molecule has 1 rings (SSSR count). The van der Waals surface area contributed by atoms with Crippen LogP contribution in [0.25, 0.3) is 0 Å². The molecule has 1 aromatic carbocycles. The number of alkyl halides is 2. The minimum atomic E-state index is -2.97. The predicted molar refractivity (Wildman–Crippen MR) is 55.5 cm³/mol. The van der Waals surface area contributed by atoms with Gasteiger partial charge in [0.15, 0.2) is 0 Å². The Morgan fingerprint density at radius 2 is 2.25 bits per heavy atom. The summed E-state index contributed by atoms with van der Waals surface area (Å²) < 4.78 is 28.2. The fraction of sp³-hybridized carbons (Fsp3) is 0.300. The highest BCUT2D eigenvalue weighted by Crippen LogP contribution is 2.24. The third kappa shape index (κ3) is 3.08. The lowest BCUT2D eigenvalue weighted by Gasteiger charge is -2.09. The number of carbonyl (C=O) groups is 1. The molecule has 16 heavy (non-hydrogen) atoms. The molecule has 0 atom stereocenters. The summed E-state index contributed by atoms with van der Waals surface area (Å²) in [6.07, 6.45) is 0. The van der Waals surface area contributed by atoms with Gasteiger partial charge >= 0.3 is 6.61 Å². The summed E-state index contributed by atoms with van der Waals surface area (Å²) in [5.41, 5.74) is 5.71. The Balaban J connectivity index is 2.93. The second-order valence-electron chi connectivity index (χ2n) is 2.99. The van der Waals surface area contributed by atoms with Crippen molar-refractivity contribution in [3.8, 4) is 5.75 Å². The Kier molecular flexibility index (Phi) is 4.04. The summed E-state index contributed by atoms with van der Waals surface area (Å²) in [5.74, 6) is -0.555. The Hall–Kier alpha value is -1.85. The second-order valence-corrected chi connectivity index (χ2v) is 2.99. The van der Waals surface area contributed by atoms with Crippen LogP contribution < -0.4 is 15.8 Å². The van der Waals surface area contributed by atoms with Gasteiger partial charge in [-0.1, -0.05) is 0 Å². The van der Waals surface area contributed by atoms with Crippen LogP contribution in [-0.2, 0) is 0 Å². The predicted octanol–water partition coefficient (Wildman–Crippen LogP) is 1.62. The lowest BCUT2D eigenvalue weighted by molar-refractivity contribution is -0.0493. The van der Waals surface area contributed by atoms with Gasteiger partial charge in [0, 0.05) is 12.1 Å². The highest BCUT2D eigenvalue weighted by atomic mass is 19.3. The van der Waals surface area contributed by atoms with E-state index in [0.29, 0.717) is 6.54 Å². The number of benzene rings is 1. The lowest BCUT2D eigenvalue weighted by Crippen LogP contribution is -2.22. The van der Waals surface area contributed by atoms with Crippen LogP contribution in [0, 0.1) is 0 Å². The van der Waals surface area contributed by atoms with Crippen molar-refractivity contribution < 1.29 is 18.3 Å². The first-order valence-corrected chi connectivity index (χ1v) is 4.67. The van der Waals surface area contributed by atoms with Gasteiger partial charge in [0.2, 0.25) is 0 Å². The fourth-order valence-electron chi connectivity index (χ4n) is 1.14. The van der Waals surface area contributed by atoms with Gasteiger partial charge in [0.25, 0.3) is 5.91 Å². The van der Waals surface area contributed by atoms with Gasteiger partial charge in [-0.05, 0) is 25.1 Å².